The number of hydrogen-bond acceptors (Lipinski definition) is 2. The first-order chi connectivity index (χ1) is 5.86. The van der Waals surface area contributed by atoms with Crippen molar-refractivity contribution in [1.29, 1.82) is 0 Å². The monoisotopic (exact) mass is 187 g/mol. The zero-order chi connectivity index (χ0) is 10.6. The van der Waals surface area contributed by atoms with Gasteiger partial charge in [-0.25, -0.2) is 0 Å². The summed E-state index contributed by atoms with van der Waals surface area (Å²) in [5, 5.41) is 8.66. The van der Waals surface area contributed by atoms with Gasteiger partial charge in [0.1, 0.15) is 0 Å². The largest absolute Gasteiger partial charge is 0.481 e. The summed E-state index contributed by atoms with van der Waals surface area (Å²) in [7, 11) is 0. The molecule has 0 aromatic carbocycles. The highest BCUT2D eigenvalue weighted by Crippen LogP contribution is 2.05. The van der Waals surface area contributed by atoms with Gasteiger partial charge in [0.25, 0.3) is 0 Å². The van der Waals surface area contributed by atoms with Crippen LogP contribution >= 0.6 is 0 Å². The first-order valence-electron chi connectivity index (χ1n) is 4.36. The summed E-state index contributed by atoms with van der Waals surface area (Å²) in [4.78, 5) is 23.2. The normalized spacial score (nSPS) is 12.7. The van der Waals surface area contributed by atoms with Gasteiger partial charge in [0.2, 0.25) is 5.91 Å². The fourth-order valence-electron chi connectivity index (χ4n) is 1.08. The molecule has 1 unspecified atom stereocenters. The summed E-state index contributed by atoms with van der Waals surface area (Å²) in [6.07, 6.45) is 0. The number of carbonyl (C=O) groups excluding carboxylic acids is 1. The van der Waals surface area contributed by atoms with Gasteiger partial charge >= 0.3 is 5.97 Å². The molecule has 0 aromatic heterocycles. The minimum absolute atomic E-state index is 0.0549. The Bertz CT molecular complexity index is 201. The van der Waals surface area contributed by atoms with Crippen molar-refractivity contribution in [2.75, 3.05) is 6.54 Å². The maximum absolute atomic E-state index is 11.1. The van der Waals surface area contributed by atoms with E-state index >= 15 is 0 Å². The zero-order valence-electron chi connectivity index (χ0n) is 8.57. The Morgan fingerprint density at radius 2 is 1.77 bits per heavy atom. The lowest BCUT2D eigenvalue weighted by Crippen LogP contribution is -2.40. The highest BCUT2D eigenvalue weighted by Gasteiger charge is 2.19. The molecule has 0 aliphatic carbocycles. The average molecular weight is 187 g/mol. The predicted molar refractivity (Wildman–Crippen MR) is 49.3 cm³/mol. The van der Waals surface area contributed by atoms with E-state index in [2.05, 4.69) is 0 Å². The van der Waals surface area contributed by atoms with Gasteiger partial charge in [0, 0.05) is 19.5 Å². The topological polar surface area (TPSA) is 57.6 Å². The maximum Gasteiger partial charge on any atom is 0.308 e. The number of rotatable bonds is 4. The van der Waals surface area contributed by atoms with Crippen LogP contribution in [0.4, 0.5) is 0 Å². The molecule has 1 N–H and O–H groups in total. The highest BCUT2D eigenvalue weighted by molar-refractivity contribution is 5.75. The third kappa shape index (κ3) is 3.92. The lowest BCUT2D eigenvalue weighted by molar-refractivity contribution is -0.143. The Labute approximate surface area is 78.5 Å². The first-order valence-corrected chi connectivity index (χ1v) is 4.36. The summed E-state index contributed by atoms with van der Waals surface area (Å²) in [5.74, 6) is -1.46. The van der Waals surface area contributed by atoms with Crippen molar-refractivity contribution in [3.05, 3.63) is 0 Å². The van der Waals surface area contributed by atoms with Gasteiger partial charge < -0.3 is 10.0 Å². The van der Waals surface area contributed by atoms with Crippen LogP contribution in [0.15, 0.2) is 0 Å². The Morgan fingerprint density at radius 1 is 1.31 bits per heavy atom. The van der Waals surface area contributed by atoms with Gasteiger partial charge in [-0.3, -0.25) is 9.59 Å². The van der Waals surface area contributed by atoms with Gasteiger partial charge in [-0.2, -0.15) is 0 Å². The molecule has 4 heteroatoms. The highest BCUT2D eigenvalue weighted by atomic mass is 16.4. The van der Waals surface area contributed by atoms with Crippen LogP contribution in [0.3, 0.4) is 0 Å². The summed E-state index contributed by atoms with van der Waals surface area (Å²) in [6, 6.07) is 0.0549. The van der Waals surface area contributed by atoms with Crippen LogP contribution in [0.25, 0.3) is 0 Å². The third-order valence-corrected chi connectivity index (χ3v) is 1.92. The molecule has 0 heterocycles. The van der Waals surface area contributed by atoms with Crippen molar-refractivity contribution >= 4 is 11.9 Å². The van der Waals surface area contributed by atoms with Gasteiger partial charge in [-0.05, 0) is 13.8 Å². The Kier molecular flexibility index (Phi) is 4.45. The maximum atomic E-state index is 11.1. The molecular formula is C9H17NO3. The molecule has 1 amide bonds. The average Bonchev–Trinajstić information content (AvgIpc) is 1.97. The summed E-state index contributed by atoms with van der Waals surface area (Å²) in [5.41, 5.74) is 0. The van der Waals surface area contributed by atoms with E-state index < -0.39 is 11.9 Å². The quantitative estimate of drug-likeness (QED) is 0.713. The van der Waals surface area contributed by atoms with Gasteiger partial charge in [0.05, 0.1) is 5.92 Å². The van der Waals surface area contributed by atoms with Crippen LogP contribution in [0.2, 0.25) is 0 Å². The molecule has 0 radical (unpaired) electrons. The van der Waals surface area contributed by atoms with Crippen LogP contribution in [0.1, 0.15) is 27.7 Å². The Morgan fingerprint density at radius 3 is 2.00 bits per heavy atom. The number of carboxylic acids is 1. The number of amides is 1. The molecule has 0 saturated carbocycles. The van der Waals surface area contributed by atoms with Crippen LogP contribution < -0.4 is 0 Å². The van der Waals surface area contributed by atoms with Crippen molar-refractivity contribution in [3.8, 4) is 0 Å². The van der Waals surface area contributed by atoms with Gasteiger partial charge in [-0.15, -0.1) is 0 Å². The third-order valence-electron chi connectivity index (χ3n) is 1.92. The van der Waals surface area contributed by atoms with Crippen molar-refractivity contribution in [2.24, 2.45) is 5.92 Å². The van der Waals surface area contributed by atoms with E-state index in [1.54, 1.807) is 11.8 Å². The van der Waals surface area contributed by atoms with Crippen molar-refractivity contribution in [3.63, 3.8) is 0 Å². The first kappa shape index (κ1) is 11.9. The molecular weight excluding hydrogens is 170 g/mol. The molecule has 76 valence electrons. The zero-order valence-corrected chi connectivity index (χ0v) is 8.57. The molecule has 4 nitrogen and oxygen atoms in total. The van der Waals surface area contributed by atoms with Gasteiger partial charge in [0.15, 0.2) is 0 Å². The molecule has 0 rings (SSSR count). The molecule has 0 bridgehead atoms. The van der Waals surface area contributed by atoms with E-state index in [-0.39, 0.29) is 18.5 Å². The van der Waals surface area contributed by atoms with E-state index in [9.17, 15) is 9.59 Å². The number of aliphatic carboxylic acids is 1. The number of hydrogen-bond donors (Lipinski definition) is 1. The van der Waals surface area contributed by atoms with E-state index in [1.807, 2.05) is 13.8 Å². The molecule has 0 aliphatic rings. The molecule has 0 spiro atoms. The minimum atomic E-state index is -0.869. The fraction of sp³-hybridized carbons (Fsp3) is 0.778. The van der Waals surface area contributed by atoms with Crippen LogP contribution in [-0.4, -0.2) is 34.5 Å². The second-order valence-corrected chi connectivity index (χ2v) is 3.50. The lowest BCUT2D eigenvalue weighted by Gasteiger charge is -2.26. The smallest absolute Gasteiger partial charge is 0.308 e. The van der Waals surface area contributed by atoms with Gasteiger partial charge in [-0.1, -0.05) is 6.92 Å². The number of nitrogens with zero attached hydrogens (tertiary/aromatic N) is 1. The van der Waals surface area contributed by atoms with E-state index in [0.717, 1.165) is 0 Å². The Hall–Kier alpha value is -1.06. The van der Waals surface area contributed by atoms with Crippen LogP contribution in [-0.2, 0) is 9.59 Å². The fourth-order valence-corrected chi connectivity index (χ4v) is 1.08. The molecule has 0 aliphatic heterocycles. The van der Waals surface area contributed by atoms with Crippen LogP contribution in [0.5, 0.6) is 0 Å². The molecule has 1 atom stereocenters. The van der Waals surface area contributed by atoms with E-state index in [4.69, 9.17) is 5.11 Å². The SMILES string of the molecule is CC(=O)N(CC(C)C(=O)O)C(C)C. The van der Waals surface area contributed by atoms with Crippen LogP contribution in [0, 0.1) is 5.92 Å². The molecule has 13 heavy (non-hydrogen) atoms. The summed E-state index contributed by atoms with van der Waals surface area (Å²) < 4.78 is 0. The van der Waals surface area contributed by atoms with Crippen molar-refractivity contribution < 1.29 is 14.7 Å². The van der Waals surface area contributed by atoms with E-state index in [1.165, 1.54) is 6.92 Å². The standard InChI is InChI=1S/C9H17NO3/c1-6(2)10(8(4)11)5-7(3)9(12)13/h6-7H,5H2,1-4H3,(H,12,13). The number of carbonyl (C=O) groups is 2. The van der Waals surface area contributed by atoms with Crippen molar-refractivity contribution in [1.82, 2.24) is 4.90 Å². The molecule has 0 fully saturated rings. The summed E-state index contributed by atoms with van der Waals surface area (Å²) in [6.45, 7) is 7.07. The summed E-state index contributed by atoms with van der Waals surface area (Å²) >= 11 is 0. The second kappa shape index (κ2) is 4.84. The molecule has 0 saturated heterocycles. The number of carboxylic acid groups (broad SMARTS) is 1. The van der Waals surface area contributed by atoms with E-state index in [0.29, 0.717) is 0 Å². The second-order valence-electron chi connectivity index (χ2n) is 3.50. The lowest BCUT2D eigenvalue weighted by atomic mass is 10.1. The van der Waals surface area contributed by atoms with Crippen molar-refractivity contribution in [2.45, 2.75) is 33.7 Å². The molecule has 0 aromatic rings. The predicted octanol–water partition coefficient (Wildman–Crippen LogP) is 0.964. The Balaban J connectivity index is 4.27. The minimum Gasteiger partial charge on any atom is -0.481 e.